The Hall–Kier alpha value is -2.38. The summed E-state index contributed by atoms with van der Waals surface area (Å²) in [4.78, 5) is 22.0. The Morgan fingerprint density at radius 3 is 2.00 bits per heavy atom. The van der Waals surface area contributed by atoms with Gasteiger partial charge < -0.3 is 20.8 Å². The summed E-state index contributed by atoms with van der Waals surface area (Å²) >= 11 is 0. The molecule has 0 saturated heterocycles. The van der Waals surface area contributed by atoms with Gasteiger partial charge in [-0.2, -0.15) is 0 Å². The van der Waals surface area contributed by atoms with Crippen molar-refractivity contribution in [1.29, 1.82) is 0 Å². The molecule has 8 heteroatoms. The van der Waals surface area contributed by atoms with Crippen molar-refractivity contribution in [1.82, 2.24) is 10.6 Å². The van der Waals surface area contributed by atoms with E-state index in [0.29, 0.717) is 0 Å². The fraction of sp³-hybridized carbons (Fsp3) is 0.429. The van der Waals surface area contributed by atoms with E-state index in [2.05, 4.69) is 10.6 Å². The number of benzene rings is 1. The molecule has 0 heterocycles. The summed E-state index contributed by atoms with van der Waals surface area (Å²) in [7, 11) is 0. The highest BCUT2D eigenvalue weighted by molar-refractivity contribution is 5.67. The second kappa shape index (κ2) is 6.59. The Bertz CT molecular complexity index is 572. The number of amides is 2. The maximum atomic E-state index is 13.4. The lowest BCUT2D eigenvalue weighted by Crippen LogP contribution is -2.52. The fourth-order valence-corrected chi connectivity index (χ4v) is 2.13. The van der Waals surface area contributed by atoms with Crippen LogP contribution in [0, 0.1) is 17.0 Å². The molecule has 1 aromatic rings. The van der Waals surface area contributed by atoms with Gasteiger partial charge in [-0.25, -0.2) is 18.4 Å². The molecule has 1 aromatic carbocycles. The average Bonchev–Trinajstić information content (AvgIpc) is 2.35. The second-order valence-corrected chi connectivity index (χ2v) is 5.89. The van der Waals surface area contributed by atoms with Crippen LogP contribution in [-0.4, -0.2) is 28.4 Å². The molecule has 22 heavy (non-hydrogen) atoms. The minimum atomic E-state index is -1.41. The maximum absolute atomic E-state index is 13.4. The molecule has 0 spiro atoms. The summed E-state index contributed by atoms with van der Waals surface area (Å²) in [6, 6.07) is 0.941. The molecule has 0 aliphatic carbocycles. The van der Waals surface area contributed by atoms with Gasteiger partial charge in [-0.05, 0) is 23.1 Å². The first-order chi connectivity index (χ1) is 10.0. The first-order valence-corrected chi connectivity index (χ1v) is 6.46. The monoisotopic (exact) mass is 316 g/mol. The molecule has 0 aliphatic rings. The van der Waals surface area contributed by atoms with Gasteiger partial charge in [0.25, 0.3) is 0 Å². The van der Waals surface area contributed by atoms with E-state index in [1.807, 2.05) is 0 Å². The Kier molecular flexibility index (Phi) is 5.29. The van der Waals surface area contributed by atoms with Crippen LogP contribution in [-0.2, 0) is 0 Å². The predicted octanol–water partition coefficient (Wildman–Crippen LogP) is 2.96. The smallest absolute Gasteiger partial charge is 0.405 e. The SMILES string of the molecule is CC(C)(C)C(NC(=O)O)C(NC(=O)O)c1ccc(F)c(F)c1. The van der Waals surface area contributed by atoms with Gasteiger partial charge in [0.05, 0.1) is 12.1 Å². The lowest BCUT2D eigenvalue weighted by molar-refractivity contribution is 0.151. The van der Waals surface area contributed by atoms with Crippen LogP contribution in [0.1, 0.15) is 32.4 Å². The zero-order valence-corrected chi connectivity index (χ0v) is 12.4. The quantitative estimate of drug-likeness (QED) is 0.686. The van der Waals surface area contributed by atoms with Gasteiger partial charge in [-0.1, -0.05) is 26.8 Å². The number of carboxylic acid groups (broad SMARTS) is 2. The molecule has 0 radical (unpaired) electrons. The summed E-state index contributed by atoms with van der Waals surface area (Å²) in [6.07, 6.45) is -2.75. The molecule has 2 unspecified atom stereocenters. The summed E-state index contributed by atoms with van der Waals surface area (Å²) < 4.78 is 26.5. The van der Waals surface area contributed by atoms with Gasteiger partial charge in [0.15, 0.2) is 11.6 Å². The fourth-order valence-electron chi connectivity index (χ4n) is 2.13. The van der Waals surface area contributed by atoms with Crippen molar-refractivity contribution in [3.8, 4) is 0 Å². The van der Waals surface area contributed by atoms with Gasteiger partial charge in [0.2, 0.25) is 0 Å². The summed E-state index contributed by atoms with van der Waals surface area (Å²) in [5.74, 6) is -2.21. The van der Waals surface area contributed by atoms with E-state index in [4.69, 9.17) is 10.2 Å². The summed E-state index contributed by atoms with van der Waals surface area (Å²) in [6.45, 7) is 5.10. The Morgan fingerprint density at radius 2 is 1.59 bits per heavy atom. The van der Waals surface area contributed by atoms with E-state index in [0.717, 1.165) is 12.1 Å². The first-order valence-electron chi connectivity index (χ1n) is 6.46. The van der Waals surface area contributed by atoms with Crippen molar-refractivity contribution in [2.24, 2.45) is 5.41 Å². The average molecular weight is 316 g/mol. The normalized spacial score (nSPS) is 14.0. The first kappa shape index (κ1) is 17.7. The molecule has 2 amide bonds. The third-order valence-corrected chi connectivity index (χ3v) is 3.13. The van der Waals surface area contributed by atoms with E-state index < -0.39 is 41.3 Å². The number of nitrogens with one attached hydrogen (secondary N) is 2. The Balaban J connectivity index is 3.31. The standard InChI is InChI=1S/C14H18F2N2O4/c1-14(2,3)11(18-13(21)22)10(17-12(19)20)7-4-5-8(15)9(16)6-7/h4-6,10-11,17-18H,1-3H3,(H,19,20)(H,21,22). The topological polar surface area (TPSA) is 98.7 Å². The summed E-state index contributed by atoms with van der Waals surface area (Å²) in [5.41, 5.74) is -0.564. The van der Waals surface area contributed by atoms with Gasteiger partial charge in [0, 0.05) is 0 Å². The van der Waals surface area contributed by atoms with Crippen LogP contribution >= 0.6 is 0 Å². The molecule has 4 N–H and O–H groups in total. The molecule has 0 aromatic heterocycles. The number of halogens is 2. The van der Waals surface area contributed by atoms with Crippen LogP contribution in [0.5, 0.6) is 0 Å². The van der Waals surface area contributed by atoms with E-state index in [1.54, 1.807) is 20.8 Å². The molecule has 122 valence electrons. The van der Waals surface area contributed by atoms with Crippen LogP contribution in [0.25, 0.3) is 0 Å². The van der Waals surface area contributed by atoms with Gasteiger partial charge in [0.1, 0.15) is 0 Å². The third kappa shape index (κ3) is 4.57. The number of carbonyl (C=O) groups is 2. The highest BCUT2D eigenvalue weighted by Gasteiger charge is 2.36. The van der Waals surface area contributed by atoms with Crippen molar-refractivity contribution in [3.05, 3.63) is 35.4 Å². The van der Waals surface area contributed by atoms with Crippen LogP contribution in [0.15, 0.2) is 18.2 Å². The molecule has 6 nitrogen and oxygen atoms in total. The number of rotatable bonds is 4. The maximum Gasteiger partial charge on any atom is 0.405 e. The molecular formula is C14H18F2N2O4. The molecule has 2 atom stereocenters. The highest BCUT2D eigenvalue weighted by atomic mass is 19.2. The van der Waals surface area contributed by atoms with Gasteiger partial charge in [-0.3, -0.25) is 0 Å². The number of hydrogen-bond donors (Lipinski definition) is 4. The van der Waals surface area contributed by atoms with Crippen LogP contribution < -0.4 is 10.6 Å². The highest BCUT2D eigenvalue weighted by Crippen LogP contribution is 2.31. The third-order valence-electron chi connectivity index (χ3n) is 3.13. The second-order valence-electron chi connectivity index (χ2n) is 5.89. The zero-order valence-electron chi connectivity index (χ0n) is 12.4. The van der Waals surface area contributed by atoms with E-state index in [9.17, 15) is 18.4 Å². The minimum Gasteiger partial charge on any atom is -0.465 e. The molecule has 1 rings (SSSR count). The molecule has 0 fully saturated rings. The predicted molar refractivity (Wildman–Crippen MR) is 74.7 cm³/mol. The van der Waals surface area contributed by atoms with Crippen LogP contribution in [0.2, 0.25) is 0 Å². The van der Waals surface area contributed by atoms with Crippen molar-refractivity contribution < 1.29 is 28.6 Å². The van der Waals surface area contributed by atoms with Crippen molar-refractivity contribution in [2.45, 2.75) is 32.9 Å². The van der Waals surface area contributed by atoms with E-state index in [-0.39, 0.29) is 5.56 Å². The van der Waals surface area contributed by atoms with Gasteiger partial charge in [-0.15, -0.1) is 0 Å². The van der Waals surface area contributed by atoms with Crippen molar-refractivity contribution in [2.75, 3.05) is 0 Å². The van der Waals surface area contributed by atoms with E-state index >= 15 is 0 Å². The molecular weight excluding hydrogens is 298 g/mol. The largest absolute Gasteiger partial charge is 0.465 e. The van der Waals surface area contributed by atoms with E-state index in [1.165, 1.54) is 6.07 Å². The zero-order chi connectivity index (χ0) is 17.1. The van der Waals surface area contributed by atoms with Crippen LogP contribution in [0.3, 0.4) is 0 Å². The van der Waals surface area contributed by atoms with Crippen molar-refractivity contribution in [3.63, 3.8) is 0 Å². The lowest BCUT2D eigenvalue weighted by Gasteiger charge is -2.37. The molecule has 0 bridgehead atoms. The Morgan fingerprint density at radius 1 is 1.05 bits per heavy atom. The van der Waals surface area contributed by atoms with Gasteiger partial charge >= 0.3 is 12.2 Å². The minimum absolute atomic E-state index is 0.120. The molecule has 0 aliphatic heterocycles. The molecule has 0 saturated carbocycles. The lowest BCUT2D eigenvalue weighted by atomic mass is 9.80. The summed E-state index contributed by atoms with van der Waals surface area (Å²) in [5, 5.41) is 22.3. The van der Waals surface area contributed by atoms with Crippen LogP contribution in [0.4, 0.5) is 18.4 Å². The van der Waals surface area contributed by atoms with Crippen molar-refractivity contribution >= 4 is 12.2 Å². The number of hydrogen-bond acceptors (Lipinski definition) is 2. The Labute approximate surface area is 126 Å².